The van der Waals surface area contributed by atoms with Crippen LogP contribution in [0, 0.1) is 0 Å². The number of alkyl halides is 6. The highest BCUT2D eigenvalue weighted by Crippen LogP contribution is 2.47. The molecular formula is C57H58F6N6O4. The molecule has 16 heteroatoms. The van der Waals surface area contributed by atoms with Crippen molar-refractivity contribution in [2.75, 3.05) is 78.8 Å². The Kier molecular flexibility index (Phi) is 14.4. The van der Waals surface area contributed by atoms with Gasteiger partial charge in [0.05, 0.1) is 24.3 Å². The van der Waals surface area contributed by atoms with Crippen LogP contribution in [0.1, 0.15) is 76.5 Å². The number of nitrogens with zero attached hydrogens (tertiary/aromatic N) is 5. The molecule has 0 bridgehead atoms. The number of nitrogens with one attached hydrogen (secondary N) is 1. The highest BCUT2D eigenvalue weighted by molar-refractivity contribution is 6.06. The van der Waals surface area contributed by atoms with Gasteiger partial charge >= 0.3 is 12.4 Å². The monoisotopic (exact) mass is 1000 g/mol. The third-order valence-corrected chi connectivity index (χ3v) is 14.5. The lowest BCUT2D eigenvalue weighted by Gasteiger charge is -2.29. The normalized spacial score (nSPS) is 20.4. The quantitative estimate of drug-likeness (QED) is 0.0685. The van der Waals surface area contributed by atoms with Gasteiger partial charge < -0.3 is 39.7 Å². The van der Waals surface area contributed by atoms with Crippen molar-refractivity contribution >= 4 is 46.3 Å². The highest BCUT2D eigenvalue weighted by Gasteiger charge is 2.39. The zero-order chi connectivity index (χ0) is 51.8. The molecular weight excluding hydrogens is 947 g/mol. The number of hydrogen-bond donors (Lipinski definition) is 2. The fraction of sp³-hybridized carbons (Fsp3) is 0.333. The maximum Gasteiger partial charge on any atom is 0.416 e. The minimum Gasteiger partial charge on any atom is -0.496 e. The fourth-order valence-corrected chi connectivity index (χ4v) is 10.7. The second-order valence-electron chi connectivity index (χ2n) is 19.3. The number of benzene rings is 5. The largest absolute Gasteiger partial charge is 0.496 e. The summed E-state index contributed by atoms with van der Waals surface area (Å²) in [7, 11) is 5.13. The maximum absolute atomic E-state index is 14.3. The van der Waals surface area contributed by atoms with Gasteiger partial charge in [0.2, 0.25) is 5.91 Å². The van der Waals surface area contributed by atoms with Crippen LogP contribution in [-0.4, -0.2) is 94.1 Å². The molecule has 0 aliphatic carbocycles. The summed E-state index contributed by atoms with van der Waals surface area (Å²) >= 11 is 0. The van der Waals surface area contributed by atoms with Crippen molar-refractivity contribution in [3.05, 3.63) is 173 Å². The molecule has 4 aliphatic heterocycles. The molecule has 2 N–H and O–H groups in total. The van der Waals surface area contributed by atoms with E-state index in [1.54, 1.807) is 52.3 Å². The second-order valence-corrected chi connectivity index (χ2v) is 19.3. The van der Waals surface area contributed by atoms with Crippen LogP contribution in [0.2, 0.25) is 0 Å². The summed E-state index contributed by atoms with van der Waals surface area (Å²) in [5.41, 5.74) is 4.75. The van der Waals surface area contributed by atoms with E-state index in [-0.39, 0.29) is 25.0 Å². The van der Waals surface area contributed by atoms with Crippen LogP contribution in [0.5, 0.6) is 5.75 Å². The SMILES string of the molecule is C=CC(=O)N1C[C@@H](Nc2cccc(N3CCCCC3)c2)CC1/C=C/C(O)N1CC(c2cccc(C(F)(F)F)c2)c2cc(/C=C/C(=O)N3CC(c4cccc(C(F)(F)F)c4)c4ccc(N(C)C)cc43)c(OC)cc21. The standard InChI is InChI=1S/C57H58F6N6O4/c1-5-53(70)67-33-42(64-41-16-11-17-44(29-41)66-24-7-6-8-25-66)30-45(67)20-23-55(72)69-35-49(37-13-10-15-40(27-37)57(61,62)63)47-28-38(52(73-4)32-51(47)69)18-22-54(71)68-34-48(36-12-9-14-39(26-36)56(58,59)60)46-21-19-43(65(2)3)31-50(46)68/h5,9-23,26-29,31-32,42,45,48-49,55,64,72H,1,6-8,24-25,30,33-35H2,2-4H3/b22-18+,23-20+/t42-,45?,48?,49?,55?/m0/s1. The first-order chi connectivity index (χ1) is 34.9. The molecule has 0 saturated carbocycles. The first kappa shape index (κ1) is 50.7. The Hall–Kier alpha value is -7.20. The number of ether oxygens (including phenoxy) is 1. The summed E-state index contributed by atoms with van der Waals surface area (Å²) in [4.78, 5) is 36.7. The second kappa shape index (κ2) is 20.7. The average molecular weight is 1010 g/mol. The number of aliphatic hydroxyl groups is 1. The Morgan fingerprint density at radius 3 is 2.10 bits per heavy atom. The molecule has 0 radical (unpaired) electrons. The molecule has 5 atom stereocenters. The third kappa shape index (κ3) is 10.8. The number of amides is 2. The summed E-state index contributed by atoms with van der Waals surface area (Å²) in [6.45, 7) is 6.27. The molecule has 2 saturated heterocycles. The number of hydrogen-bond acceptors (Lipinski definition) is 8. The van der Waals surface area contributed by atoms with Crippen molar-refractivity contribution in [3.8, 4) is 5.75 Å². The van der Waals surface area contributed by atoms with E-state index in [1.807, 2.05) is 49.3 Å². The molecule has 9 rings (SSSR count). The number of methoxy groups -OCH3 is 1. The molecule has 73 heavy (non-hydrogen) atoms. The van der Waals surface area contributed by atoms with Crippen LogP contribution in [-0.2, 0) is 21.9 Å². The zero-order valence-corrected chi connectivity index (χ0v) is 40.8. The van der Waals surface area contributed by atoms with Crippen LogP contribution >= 0.6 is 0 Å². The van der Waals surface area contributed by atoms with Gasteiger partial charge in [-0.15, -0.1) is 0 Å². The highest BCUT2D eigenvalue weighted by atomic mass is 19.4. The van der Waals surface area contributed by atoms with E-state index < -0.39 is 53.5 Å². The minimum atomic E-state index is -4.62. The third-order valence-electron chi connectivity index (χ3n) is 14.5. The molecule has 0 spiro atoms. The van der Waals surface area contributed by atoms with Crippen molar-refractivity contribution in [2.45, 2.75) is 68.2 Å². The van der Waals surface area contributed by atoms with Crippen LogP contribution in [0.15, 0.2) is 134 Å². The van der Waals surface area contributed by atoms with E-state index in [4.69, 9.17) is 4.74 Å². The number of anilines is 5. The number of piperidine rings is 1. The Balaban J connectivity index is 1.00. The minimum absolute atomic E-state index is 0.0697. The topological polar surface area (TPSA) is 91.8 Å². The number of carbonyl (C=O) groups excluding carboxylic acids is 2. The van der Waals surface area contributed by atoms with Crippen molar-refractivity contribution in [2.24, 2.45) is 0 Å². The van der Waals surface area contributed by atoms with Gasteiger partial charge in [0, 0.05) is 111 Å². The summed E-state index contributed by atoms with van der Waals surface area (Å²) in [6.07, 6.45) is 1.13. The molecule has 2 fully saturated rings. The van der Waals surface area contributed by atoms with Crippen LogP contribution < -0.4 is 29.7 Å². The summed E-state index contributed by atoms with van der Waals surface area (Å²) in [5.74, 6) is -1.63. The number of halogens is 6. The number of fused-ring (bicyclic) bond motifs is 2. The van der Waals surface area contributed by atoms with Crippen molar-refractivity contribution in [1.82, 2.24) is 4.90 Å². The van der Waals surface area contributed by atoms with Gasteiger partial charge in [-0.3, -0.25) is 9.59 Å². The summed E-state index contributed by atoms with van der Waals surface area (Å²) in [6, 6.07) is 26.8. The summed E-state index contributed by atoms with van der Waals surface area (Å²) < 4.78 is 89.9. The van der Waals surface area contributed by atoms with Gasteiger partial charge in [0.1, 0.15) is 12.0 Å². The Morgan fingerprint density at radius 1 is 0.781 bits per heavy atom. The number of rotatable bonds is 13. The number of carbonyl (C=O) groups is 2. The molecule has 382 valence electrons. The van der Waals surface area contributed by atoms with Crippen LogP contribution in [0.4, 0.5) is 54.8 Å². The average Bonchev–Trinajstić information content (AvgIpc) is 4.10. The molecule has 2 amide bonds. The van der Waals surface area contributed by atoms with Gasteiger partial charge in [0.15, 0.2) is 0 Å². The molecule has 4 unspecified atom stereocenters. The number of aliphatic hydroxyl groups excluding tert-OH is 1. The van der Waals surface area contributed by atoms with E-state index >= 15 is 0 Å². The Labute approximate surface area is 421 Å². The van der Waals surface area contributed by atoms with E-state index in [0.29, 0.717) is 57.9 Å². The van der Waals surface area contributed by atoms with Crippen molar-refractivity contribution in [3.63, 3.8) is 0 Å². The molecule has 4 heterocycles. The van der Waals surface area contributed by atoms with E-state index in [0.717, 1.165) is 67.3 Å². The Bertz CT molecular complexity index is 2930. The molecule has 5 aromatic carbocycles. The zero-order valence-electron chi connectivity index (χ0n) is 40.8. The predicted molar refractivity (Wildman–Crippen MR) is 274 cm³/mol. The van der Waals surface area contributed by atoms with Gasteiger partial charge in [-0.25, -0.2) is 0 Å². The van der Waals surface area contributed by atoms with Crippen LogP contribution in [0.3, 0.4) is 0 Å². The summed E-state index contributed by atoms with van der Waals surface area (Å²) in [5, 5.41) is 15.6. The molecule has 10 nitrogen and oxygen atoms in total. The fourth-order valence-electron chi connectivity index (χ4n) is 10.7. The lowest BCUT2D eigenvalue weighted by atomic mass is 9.90. The van der Waals surface area contributed by atoms with E-state index in [1.165, 1.54) is 42.7 Å². The van der Waals surface area contributed by atoms with E-state index in [2.05, 4.69) is 28.9 Å². The maximum atomic E-state index is 14.3. The van der Waals surface area contributed by atoms with Gasteiger partial charge in [-0.2, -0.15) is 26.3 Å². The lowest BCUT2D eigenvalue weighted by Crippen LogP contribution is -2.36. The molecule has 5 aromatic rings. The van der Waals surface area contributed by atoms with Crippen molar-refractivity contribution < 1.29 is 45.8 Å². The molecule has 4 aliphatic rings. The molecule has 0 aromatic heterocycles. The predicted octanol–water partition coefficient (Wildman–Crippen LogP) is 11.1. The van der Waals surface area contributed by atoms with Gasteiger partial charge in [0.25, 0.3) is 5.91 Å². The number of likely N-dealkylation sites (tertiary alicyclic amines) is 1. The Morgan fingerprint density at radius 2 is 1.45 bits per heavy atom. The van der Waals surface area contributed by atoms with Gasteiger partial charge in [-0.1, -0.05) is 61.2 Å². The first-order valence-corrected chi connectivity index (χ1v) is 24.4. The first-order valence-electron chi connectivity index (χ1n) is 24.4. The van der Waals surface area contributed by atoms with E-state index in [9.17, 15) is 41.0 Å². The van der Waals surface area contributed by atoms with Crippen LogP contribution in [0.25, 0.3) is 6.08 Å². The van der Waals surface area contributed by atoms with Gasteiger partial charge in [-0.05, 0) is 115 Å². The smallest absolute Gasteiger partial charge is 0.416 e. The van der Waals surface area contributed by atoms with Crippen molar-refractivity contribution in [1.29, 1.82) is 0 Å². The lowest BCUT2D eigenvalue weighted by molar-refractivity contribution is -0.138.